The van der Waals surface area contributed by atoms with Gasteiger partial charge in [0.2, 0.25) is 5.88 Å². The molecule has 0 radical (unpaired) electrons. The first-order chi connectivity index (χ1) is 13.9. The fourth-order valence-corrected chi connectivity index (χ4v) is 3.69. The molecule has 0 spiro atoms. The number of fused-ring (bicyclic) bond motifs is 1. The zero-order chi connectivity index (χ0) is 18.8. The number of pyridine rings is 2. The van der Waals surface area contributed by atoms with Gasteiger partial charge >= 0.3 is 0 Å². The monoisotopic (exact) mass is 381 g/mol. The third-order valence-electron chi connectivity index (χ3n) is 5.20. The normalized spacial score (nSPS) is 18.5. The number of nitrogens with zero attached hydrogens (tertiary/aromatic N) is 4. The van der Waals surface area contributed by atoms with Gasteiger partial charge in [-0.3, -0.25) is 5.10 Å². The van der Waals surface area contributed by atoms with Gasteiger partial charge in [0.25, 0.3) is 0 Å². The lowest BCUT2D eigenvalue weighted by atomic mass is 10.1. The molecule has 0 bridgehead atoms. The van der Waals surface area contributed by atoms with Crippen LogP contribution in [0.5, 0.6) is 5.88 Å². The maximum Gasteiger partial charge on any atom is 0.225 e. The molecule has 0 aliphatic carbocycles. The lowest BCUT2D eigenvalue weighted by molar-refractivity contribution is 0.0244. The summed E-state index contributed by atoms with van der Waals surface area (Å²) < 4.78 is 17.1. The van der Waals surface area contributed by atoms with Gasteiger partial charge in [0, 0.05) is 32.1 Å². The fraction of sp³-hybridized carbons (Fsp3) is 0.450. The average Bonchev–Trinajstić information content (AvgIpc) is 3.21. The van der Waals surface area contributed by atoms with Crippen LogP contribution in [0, 0.1) is 0 Å². The minimum Gasteiger partial charge on any atom is -0.474 e. The summed E-state index contributed by atoms with van der Waals surface area (Å²) in [4.78, 5) is 11.6. The average molecular weight is 381 g/mol. The molecule has 5 rings (SSSR count). The van der Waals surface area contributed by atoms with Crippen LogP contribution in [0.2, 0.25) is 0 Å². The van der Waals surface area contributed by atoms with E-state index in [9.17, 15) is 0 Å². The molecule has 0 aromatic carbocycles. The number of ether oxygens (including phenoxy) is 3. The Labute approximate surface area is 162 Å². The zero-order valence-corrected chi connectivity index (χ0v) is 15.6. The van der Waals surface area contributed by atoms with Crippen molar-refractivity contribution in [3.8, 4) is 17.3 Å². The van der Waals surface area contributed by atoms with E-state index in [-0.39, 0.29) is 6.10 Å². The number of H-pyrrole nitrogens is 1. The van der Waals surface area contributed by atoms with Gasteiger partial charge in [0.1, 0.15) is 17.6 Å². The van der Waals surface area contributed by atoms with E-state index in [0.717, 1.165) is 80.5 Å². The molecule has 3 aromatic rings. The van der Waals surface area contributed by atoms with E-state index < -0.39 is 0 Å². The summed E-state index contributed by atoms with van der Waals surface area (Å²) in [5.41, 5.74) is 2.46. The second kappa shape index (κ2) is 7.73. The molecular formula is C20H23N5O3. The van der Waals surface area contributed by atoms with Crippen molar-refractivity contribution in [1.29, 1.82) is 0 Å². The topological polar surface area (TPSA) is 85.4 Å². The van der Waals surface area contributed by atoms with Crippen molar-refractivity contribution in [3.63, 3.8) is 0 Å². The molecule has 0 unspecified atom stereocenters. The van der Waals surface area contributed by atoms with Gasteiger partial charge < -0.3 is 19.1 Å². The highest BCUT2D eigenvalue weighted by molar-refractivity contribution is 5.95. The van der Waals surface area contributed by atoms with Gasteiger partial charge in [-0.1, -0.05) is 6.07 Å². The number of anilines is 1. The van der Waals surface area contributed by atoms with E-state index >= 15 is 0 Å². The van der Waals surface area contributed by atoms with Crippen molar-refractivity contribution in [2.45, 2.75) is 18.9 Å². The standard InChI is InChI=1S/C20H23N5O3/c1-2-16(22-17(3-1)25-8-12-27-13-9-25)19-18-15(23-24-19)4-7-21-20(18)28-14-5-10-26-11-6-14/h1-4,7,14H,5-6,8-13H2,(H,23,24). The van der Waals surface area contributed by atoms with E-state index in [0.29, 0.717) is 5.88 Å². The van der Waals surface area contributed by atoms with Crippen LogP contribution >= 0.6 is 0 Å². The van der Waals surface area contributed by atoms with Gasteiger partial charge in [0.15, 0.2) is 0 Å². The highest BCUT2D eigenvalue weighted by atomic mass is 16.5. The predicted octanol–water partition coefficient (Wildman–Crippen LogP) is 2.41. The predicted molar refractivity (Wildman–Crippen MR) is 105 cm³/mol. The SMILES string of the molecule is c1cc(-c2n[nH]c3ccnc(OC4CCOCC4)c23)nc(N2CCOCC2)c1. The molecule has 1 N–H and O–H groups in total. The van der Waals surface area contributed by atoms with Gasteiger partial charge in [0.05, 0.1) is 43.0 Å². The molecule has 5 heterocycles. The first-order valence-electron chi connectivity index (χ1n) is 9.76. The Morgan fingerprint density at radius 2 is 1.86 bits per heavy atom. The second-order valence-electron chi connectivity index (χ2n) is 7.02. The van der Waals surface area contributed by atoms with E-state index in [1.807, 2.05) is 24.3 Å². The van der Waals surface area contributed by atoms with Crippen LogP contribution < -0.4 is 9.64 Å². The summed E-state index contributed by atoms with van der Waals surface area (Å²) in [5.74, 6) is 1.54. The number of nitrogens with one attached hydrogen (secondary N) is 1. The Hall–Kier alpha value is -2.71. The number of morpholine rings is 1. The van der Waals surface area contributed by atoms with E-state index in [2.05, 4.69) is 20.1 Å². The summed E-state index contributed by atoms with van der Waals surface area (Å²) in [7, 11) is 0. The quantitative estimate of drug-likeness (QED) is 0.743. The minimum atomic E-state index is 0.113. The molecule has 28 heavy (non-hydrogen) atoms. The van der Waals surface area contributed by atoms with E-state index in [4.69, 9.17) is 19.2 Å². The van der Waals surface area contributed by atoms with Crippen molar-refractivity contribution in [3.05, 3.63) is 30.5 Å². The Bertz CT molecular complexity index is 948. The molecule has 146 valence electrons. The van der Waals surface area contributed by atoms with Gasteiger partial charge in [-0.05, 0) is 18.2 Å². The molecule has 2 fully saturated rings. The second-order valence-corrected chi connectivity index (χ2v) is 7.02. The third-order valence-corrected chi connectivity index (χ3v) is 5.20. The van der Waals surface area contributed by atoms with Crippen molar-refractivity contribution in [1.82, 2.24) is 20.2 Å². The lowest BCUT2D eigenvalue weighted by Crippen LogP contribution is -2.36. The Kier molecular flexibility index (Phi) is 4.80. The Morgan fingerprint density at radius 3 is 2.71 bits per heavy atom. The van der Waals surface area contributed by atoms with Crippen molar-refractivity contribution in [2.75, 3.05) is 44.4 Å². The minimum absolute atomic E-state index is 0.113. The van der Waals surface area contributed by atoms with Crippen LogP contribution in [0.3, 0.4) is 0 Å². The smallest absolute Gasteiger partial charge is 0.225 e. The largest absolute Gasteiger partial charge is 0.474 e. The molecule has 3 aromatic heterocycles. The summed E-state index contributed by atoms with van der Waals surface area (Å²) in [6.45, 7) is 4.59. The molecule has 8 heteroatoms. The Morgan fingerprint density at radius 1 is 1.04 bits per heavy atom. The number of aromatic amines is 1. The highest BCUT2D eigenvalue weighted by Gasteiger charge is 2.21. The summed E-state index contributed by atoms with van der Waals surface area (Å²) in [5, 5.41) is 8.50. The van der Waals surface area contributed by atoms with Crippen LogP contribution in [0.4, 0.5) is 5.82 Å². The van der Waals surface area contributed by atoms with Crippen molar-refractivity contribution in [2.24, 2.45) is 0 Å². The van der Waals surface area contributed by atoms with Crippen LogP contribution in [0.1, 0.15) is 12.8 Å². The molecule has 2 aliphatic heterocycles. The lowest BCUT2D eigenvalue weighted by Gasteiger charge is -2.28. The number of hydrogen-bond acceptors (Lipinski definition) is 7. The first-order valence-corrected chi connectivity index (χ1v) is 9.76. The molecule has 2 aliphatic rings. The van der Waals surface area contributed by atoms with Crippen LogP contribution in [-0.2, 0) is 9.47 Å². The number of rotatable bonds is 4. The summed E-state index contributed by atoms with van der Waals surface area (Å²) in [6.07, 6.45) is 3.60. The first kappa shape index (κ1) is 17.4. The molecule has 2 saturated heterocycles. The molecule has 0 atom stereocenters. The number of aromatic nitrogens is 4. The summed E-state index contributed by atoms with van der Waals surface area (Å²) >= 11 is 0. The van der Waals surface area contributed by atoms with E-state index in [1.54, 1.807) is 6.20 Å². The van der Waals surface area contributed by atoms with Crippen LogP contribution in [-0.4, -0.2) is 65.8 Å². The fourth-order valence-electron chi connectivity index (χ4n) is 3.69. The molecular weight excluding hydrogens is 358 g/mol. The van der Waals surface area contributed by atoms with Gasteiger partial charge in [-0.2, -0.15) is 5.10 Å². The van der Waals surface area contributed by atoms with Gasteiger partial charge in [-0.25, -0.2) is 9.97 Å². The molecule has 8 nitrogen and oxygen atoms in total. The van der Waals surface area contributed by atoms with Gasteiger partial charge in [-0.15, -0.1) is 0 Å². The number of hydrogen-bond donors (Lipinski definition) is 1. The Balaban J connectivity index is 1.50. The highest BCUT2D eigenvalue weighted by Crippen LogP contribution is 2.33. The summed E-state index contributed by atoms with van der Waals surface area (Å²) in [6, 6.07) is 7.93. The van der Waals surface area contributed by atoms with E-state index in [1.165, 1.54) is 0 Å². The van der Waals surface area contributed by atoms with Crippen molar-refractivity contribution >= 4 is 16.7 Å². The molecule has 0 saturated carbocycles. The van der Waals surface area contributed by atoms with Crippen LogP contribution in [0.15, 0.2) is 30.5 Å². The maximum atomic E-state index is 6.23. The third kappa shape index (κ3) is 3.41. The van der Waals surface area contributed by atoms with Crippen LogP contribution in [0.25, 0.3) is 22.3 Å². The zero-order valence-electron chi connectivity index (χ0n) is 15.6. The molecule has 0 amide bonds. The maximum absolute atomic E-state index is 6.23. The van der Waals surface area contributed by atoms with Crippen molar-refractivity contribution < 1.29 is 14.2 Å².